The minimum Gasteiger partial charge on any atom is -0.457 e. The molecule has 0 bridgehead atoms. The van der Waals surface area contributed by atoms with E-state index in [4.69, 9.17) is 18.5 Å². The van der Waals surface area contributed by atoms with Crippen LogP contribution in [0.4, 0.5) is 0 Å². The molecular weight excluding hydrogens is 695 g/mol. The van der Waals surface area contributed by atoms with Crippen LogP contribution in [0.5, 0.6) is 0 Å². The molecule has 0 heterocycles. The minimum atomic E-state index is -4.65. The summed E-state index contributed by atoms with van der Waals surface area (Å²) < 4.78 is 32.4. The van der Waals surface area contributed by atoms with Gasteiger partial charge < -0.3 is 24.6 Å². The monoisotopic (exact) mass is 764 g/mol. The molecule has 0 aliphatic carbocycles. The lowest BCUT2D eigenvalue weighted by molar-refractivity contribution is -0.153. The van der Waals surface area contributed by atoms with Crippen molar-refractivity contribution in [2.24, 2.45) is 0 Å². The summed E-state index contributed by atoms with van der Waals surface area (Å²) in [5, 5.41) is 19.1. The molecule has 0 fully saturated rings. The van der Waals surface area contributed by atoms with E-state index < -0.39 is 58.4 Å². The summed E-state index contributed by atoms with van der Waals surface area (Å²) in [6.07, 6.45) is 42.8. The van der Waals surface area contributed by atoms with Crippen LogP contribution in [-0.2, 0) is 32.7 Å². The van der Waals surface area contributed by atoms with E-state index in [0.717, 1.165) is 89.9 Å². The number of hydrogen-bond donors (Lipinski definition) is 3. The lowest BCUT2D eigenvalue weighted by Gasteiger charge is -2.20. The Kier molecular flexibility index (Phi) is 35.5. The molecule has 0 radical (unpaired) electrons. The number of esters is 2. The normalized spacial score (nSPS) is 14.9. The quantitative estimate of drug-likeness (QED) is 0.0246. The number of rotatable bonds is 35. The molecule has 0 aromatic rings. The number of hydrogen-bond acceptors (Lipinski definition) is 9. The zero-order chi connectivity index (χ0) is 39.1. The number of carbonyl (C=O) groups is 2. The van der Waals surface area contributed by atoms with Crippen LogP contribution in [-0.4, -0.2) is 65.7 Å². The Hall–Kier alpha value is -2.85. The van der Waals surface area contributed by atoms with Crippen molar-refractivity contribution in [2.45, 2.75) is 142 Å². The smallest absolute Gasteiger partial charge is 0.457 e. The van der Waals surface area contributed by atoms with Gasteiger partial charge in [-0.1, -0.05) is 118 Å². The van der Waals surface area contributed by atoms with Gasteiger partial charge in [-0.2, -0.15) is 0 Å². The van der Waals surface area contributed by atoms with E-state index in [1.165, 1.54) is 0 Å². The van der Waals surface area contributed by atoms with Crippen molar-refractivity contribution in [2.75, 3.05) is 26.4 Å². The Bertz CT molecular complexity index is 1150. The first-order valence-corrected chi connectivity index (χ1v) is 21.0. The Morgan fingerprint density at radius 3 is 1.23 bits per heavy atom. The van der Waals surface area contributed by atoms with Gasteiger partial charge in [-0.25, -0.2) is 4.57 Å². The summed E-state index contributed by atoms with van der Waals surface area (Å²) in [7, 11) is -4.65. The molecule has 0 rings (SSSR count). The van der Waals surface area contributed by atoms with E-state index in [2.05, 4.69) is 98.9 Å². The average Bonchev–Trinajstić information content (AvgIpc) is 3.14. The van der Waals surface area contributed by atoms with Gasteiger partial charge in [0.05, 0.1) is 26.4 Å². The second-order valence-electron chi connectivity index (χ2n) is 12.5. The van der Waals surface area contributed by atoms with Crippen molar-refractivity contribution in [3.8, 4) is 0 Å². The predicted octanol–water partition coefficient (Wildman–Crippen LogP) is 9.88. The first kappa shape index (κ1) is 50.1. The second-order valence-corrected chi connectivity index (χ2v) is 13.9. The SMILES string of the molecule is CC/C=C\C/C=C\C/C=C\C/C=C\CCCCC(=O)OC(CO)COP(=O)(O)OCC(CO)OC(=O)CCCCCCC/C=C\C/C=C\C/C=C\CC. The minimum absolute atomic E-state index is 0.134. The Labute approximate surface area is 320 Å². The molecule has 3 atom stereocenters. The average molecular weight is 765 g/mol. The van der Waals surface area contributed by atoms with Crippen molar-refractivity contribution in [3.63, 3.8) is 0 Å². The molecule has 3 N–H and O–H groups in total. The molecule has 3 unspecified atom stereocenters. The lowest BCUT2D eigenvalue weighted by Crippen LogP contribution is -2.28. The number of carbonyl (C=O) groups excluding carboxylic acids is 2. The Balaban J connectivity index is 4.07. The van der Waals surface area contributed by atoms with Crippen LogP contribution in [0.2, 0.25) is 0 Å². The van der Waals surface area contributed by atoms with Gasteiger partial charge in [0, 0.05) is 12.8 Å². The van der Waals surface area contributed by atoms with Crippen LogP contribution in [0, 0.1) is 0 Å². The van der Waals surface area contributed by atoms with Crippen LogP contribution in [0.15, 0.2) is 85.1 Å². The van der Waals surface area contributed by atoms with Crippen molar-refractivity contribution >= 4 is 19.8 Å². The van der Waals surface area contributed by atoms with E-state index in [-0.39, 0.29) is 12.8 Å². The number of phosphoric ester groups is 1. The largest absolute Gasteiger partial charge is 0.472 e. The standard InChI is InChI=1S/C42H69O10P/c1-3-5-7-9-11-13-15-17-19-21-23-25-27-29-31-33-41(45)51-39(35-43)37-49-53(47,48)50-38-40(36-44)52-42(46)34-32-30-28-26-24-22-20-18-16-14-12-10-8-6-4-2/h5-8,11-14,17-20,23,25,39-40,43-44H,3-4,9-10,15-16,21-22,24,26-38H2,1-2H3,(H,47,48)/b7-5-,8-6-,13-11-,14-12-,19-17-,20-18-,25-23-. The zero-order valence-corrected chi connectivity index (χ0v) is 33.3. The molecule has 302 valence electrons. The highest BCUT2D eigenvalue weighted by molar-refractivity contribution is 7.47. The first-order valence-electron chi connectivity index (χ1n) is 19.5. The number of unbranched alkanes of at least 4 members (excludes halogenated alkanes) is 7. The summed E-state index contributed by atoms with van der Waals surface area (Å²) >= 11 is 0. The fourth-order valence-electron chi connectivity index (χ4n) is 4.65. The van der Waals surface area contributed by atoms with E-state index in [1.807, 2.05) is 0 Å². The van der Waals surface area contributed by atoms with Crippen LogP contribution in [0.25, 0.3) is 0 Å². The predicted molar refractivity (Wildman–Crippen MR) is 214 cm³/mol. The molecule has 0 saturated carbocycles. The van der Waals surface area contributed by atoms with Crippen molar-refractivity contribution in [1.82, 2.24) is 0 Å². The van der Waals surface area contributed by atoms with Gasteiger partial charge in [0.1, 0.15) is 12.2 Å². The molecular formula is C42H69O10P. The molecule has 0 aromatic heterocycles. The van der Waals surface area contributed by atoms with Gasteiger partial charge in [-0.05, 0) is 83.5 Å². The van der Waals surface area contributed by atoms with E-state index in [1.54, 1.807) is 0 Å². The third kappa shape index (κ3) is 35.9. The molecule has 53 heavy (non-hydrogen) atoms. The summed E-state index contributed by atoms with van der Waals surface area (Å²) in [4.78, 5) is 34.4. The number of aliphatic hydroxyl groups excluding tert-OH is 2. The molecule has 0 aromatic carbocycles. The van der Waals surface area contributed by atoms with E-state index in [9.17, 15) is 29.3 Å². The number of phosphoric acid groups is 1. The third-order valence-electron chi connectivity index (χ3n) is 7.60. The molecule has 0 spiro atoms. The maximum Gasteiger partial charge on any atom is 0.472 e. The van der Waals surface area contributed by atoms with Gasteiger partial charge in [0.25, 0.3) is 0 Å². The first-order chi connectivity index (χ1) is 25.8. The zero-order valence-electron chi connectivity index (χ0n) is 32.4. The second kappa shape index (κ2) is 37.5. The molecule has 0 saturated heterocycles. The summed E-state index contributed by atoms with van der Waals surface area (Å²) in [6.45, 7) is 1.87. The topological polar surface area (TPSA) is 149 Å². The molecule has 10 nitrogen and oxygen atoms in total. The Morgan fingerprint density at radius 2 is 0.830 bits per heavy atom. The number of ether oxygens (including phenoxy) is 2. The highest BCUT2D eigenvalue weighted by Crippen LogP contribution is 2.43. The highest BCUT2D eigenvalue weighted by Gasteiger charge is 2.27. The number of allylic oxidation sites excluding steroid dienone is 14. The Morgan fingerprint density at radius 1 is 0.509 bits per heavy atom. The van der Waals surface area contributed by atoms with E-state index in [0.29, 0.717) is 12.8 Å². The molecule has 0 aliphatic rings. The van der Waals surface area contributed by atoms with Gasteiger partial charge >= 0.3 is 19.8 Å². The highest BCUT2D eigenvalue weighted by atomic mass is 31.2. The number of aliphatic hydroxyl groups is 2. The van der Waals surface area contributed by atoms with Gasteiger partial charge in [0.2, 0.25) is 0 Å². The van der Waals surface area contributed by atoms with Crippen molar-refractivity contribution in [3.05, 3.63) is 85.1 Å². The molecule has 0 amide bonds. The third-order valence-corrected chi connectivity index (χ3v) is 8.55. The molecule has 11 heteroatoms. The molecule has 0 aliphatic heterocycles. The summed E-state index contributed by atoms with van der Waals surface area (Å²) in [6, 6.07) is 0. The van der Waals surface area contributed by atoms with Crippen LogP contribution >= 0.6 is 7.82 Å². The fraction of sp³-hybridized carbons (Fsp3) is 0.619. The van der Waals surface area contributed by atoms with Crippen LogP contribution in [0.3, 0.4) is 0 Å². The summed E-state index contributed by atoms with van der Waals surface area (Å²) in [5.41, 5.74) is 0. The van der Waals surface area contributed by atoms with Gasteiger partial charge in [-0.3, -0.25) is 18.6 Å². The fourth-order valence-corrected chi connectivity index (χ4v) is 5.43. The maximum absolute atomic E-state index is 12.3. The van der Waals surface area contributed by atoms with Crippen molar-refractivity contribution in [1.29, 1.82) is 0 Å². The van der Waals surface area contributed by atoms with Gasteiger partial charge in [-0.15, -0.1) is 0 Å². The lowest BCUT2D eigenvalue weighted by atomic mass is 10.1. The maximum atomic E-state index is 12.3. The van der Waals surface area contributed by atoms with E-state index >= 15 is 0 Å². The van der Waals surface area contributed by atoms with Crippen LogP contribution in [0.1, 0.15) is 129 Å². The summed E-state index contributed by atoms with van der Waals surface area (Å²) in [5.74, 6) is -1.09. The van der Waals surface area contributed by atoms with Gasteiger partial charge in [0.15, 0.2) is 0 Å². The van der Waals surface area contributed by atoms with Crippen LogP contribution < -0.4 is 0 Å². The van der Waals surface area contributed by atoms with Crippen molar-refractivity contribution < 1.29 is 47.8 Å².